The van der Waals surface area contributed by atoms with Crippen LogP contribution in [0.15, 0.2) is 48.5 Å². The summed E-state index contributed by atoms with van der Waals surface area (Å²) in [6.07, 6.45) is 0. The first-order chi connectivity index (χ1) is 13.8. The Morgan fingerprint density at radius 2 is 1.83 bits per heavy atom. The fourth-order valence-electron chi connectivity index (χ4n) is 2.77. The van der Waals surface area contributed by atoms with E-state index >= 15 is 0 Å². The molecule has 0 saturated heterocycles. The van der Waals surface area contributed by atoms with Crippen molar-refractivity contribution in [3.8, 4) is 5.75 Å². The van der Waals surface area contributed by atoms with Crippen molar-refractivity contribution in [2.75, 3.05) is 33.1 Å². The van der Waals surface area contributed by atoms with Crippen LogP contribution in [0.1, 0.15) is 11.6 Å². The smallest absolute Gasteiger partial charge is 0.321 e. The molecule has 0 bridgehead atoms. The van der Waals surface area contributed by atoms with Gasteiger partial charge in [0.2, 0.25) is 11.8 Å². The number of hydrogen-bond acceptors (Lipinski definition) is 5. The topological polar surface area (TPSA) is 99.8 Å². The number of imide groups is 1. The van der Waals surface area contributed by atoms with Crippen molar-refractivity contribution in [3.63, 3.8) is 0 Å². The molecule has 2 aromatic rings. The maximum Gasteiger partial charge on any atom is 0.321 e. The highest BCUT2D eigenvalue weighted by molar-refractivity contribution is 6.31. The number of likely N-dealkylation sites (N-methyl/N-ethyl adjacent to an activating group) is 1. The number of carbonyl (C=O) groups excluding carboxylic acids is 3. The fourth-order valence-corrected chi connectivity index (χ4v) is 2.94. The first kappa shape index (κ1) is 22.2. The first-order valence-corrected chi connectivity index (χ1v) is 9.14. The number of amides is 4. The van der Waals surface area contributed by atoms with Crippen molar-refractivity contribution in [2.24, 2.45) is 0 Å². The molecule has 3 N–H and O–H groups in total. The molecule has 0 spiro atoms. The number of halogens is 1. The number of ether oxygens (including phenoxy) is 1. The van der Waals surface area contributed by atoms with Gasteiger partial charge in [-0.2, -0.15) is 0 Å². The predicted octanol–water partition coefficient (Wildman–Crippen LogP) is 2.42. The molecule has 8 nitrogen and oxygen atoms in total. The van der Waals surface area contributed by atoms with Gasteiger partial charge >= 0.3 is 6.03 Å². The minimum Gasteiger partial charge on any atom is -0.495 e. The summed E-state index contributed by atoms with van der Waals surface area (Å²) in [5.41, 5.74) is 1.06. The van der Waals surface area contributed by atoms with Gasteiger partial charge in [-0.25, -0.2) is 4.79 Å². The van der Waals surface area contributed by atoms with Crippen LogP contribution in [-0.4, -0.2) is 50.5 Å². The van der Waals surface area contributed by atoms with Crippen molar-refractivity contribution in [2.45, 2.75) is 6.04 Å². The molecule has 0 aliphatic carbocycles. The van der Waals surface area contributed by atoms with Crippen molar-refractivity contribution in [3.05, 3.63) is 59.1 Å². The number of anilines is 1. The SMILES string of the molecule is CNC(=O)NC(=O)[C@@H](c1ccccc1)N(C)CC(=O)Nc1cc(Cl)ccc1OC. The summed E-state index contributed by atoms with van der Waals surface area (Å²) < 4.78 is 5.22. The molecular weight excluding hydrogens is 396 g/mol. The average molecular weight is 419 g/mol. The van der Waals surface area contributed by atoms with E-state index in [1.54, 1.807) is 54.4 Å². The highest BCUT2D eigenvalue weighted by Gasteiger charge is 2.27. The molecular formula is C20H23ClN4O4. The fraction of sp³-hybridized carbons (Fsp3) is 0.250. The molecule has 0 aliphatic heterocycles. The van der Waals surface area contributed by atoms with E-state index < -0.39 is 18.0 Å². The lowest BCUT2D eigenvalue weighted by Gasteiger charge is -2.26. The van der Waals surface area contributed by atoms with Gasteiger partial charge in [0.15, 0.2) is 0 Å². The number of urea groups is 1. The number of carbonyl (C=O) groups is 3. The Kier molecular flexibility index (Phi) is 7.99. The predicted molar refractivity (Wildman–Crippen MR) is 111 cm³/mol. The van der Waals surface area contributed by atoms with E-state index in [0.29, 0.717) is 22.0 Å². The van der Waals surface area contributed by atoms with E-state index in [2.05, 4.69) is 16.0 Å². The third-order valence-corrected chi connectivity index (χ3v) is 4.33. The lowest BCUT2D eigenvalue weighted by atomic mass is 10.0. The molecule has 2 rings (SSSR count). The van der Waals surface area contributed by atoms with Crippen LogP contribution < -0.4 is 20.7 Å². The summed E-state index contributed by atoms with van der Waals surface area (Å²) >= 11 is 5.99. The summed E-state index contributed by atoms with van der Waals surface area (Å²) in [6, 6.07) is 12.3. The lowest BCUT2D eigenvalue weighted by molar-refractivity contribution is -0.126. The molecule has 154 valence electrons. The van der Waals surface area contributed by atoms with Gasteiger partial charge < -0.3 is 15.4 Å². The molecule has 0 heterocycles. The highest BCUT2D eigenvalue weighted by Crippen LogP contribution is 2.28. The average Bonchev–Trinajstić information content (AvgIpc) is 2.68. The second kappa shape index (κ2) is 10.4. The zero-order valence-corrected chi connectivity index (χ0v) is 17.1. The molecule has 9 heteroatoms. The van der Waals surface area contributed by atoms with Crippen molar-refractivity contribution >= 4 is 35.1 Å². The minimum atomic E-state index is -0.847. The molecule has 0 radical (unpaired) electrons. The number of nitrogens with zero attached hydrogens (tertiary/aromatic N) is 1. The standard InChI is InChI=1S/C20H23ClN4O4/c1-22-20(28)24-19(27)18(13-7-5-4-6-8-13)25(2)12-17(26)23-15-11-14(21)9-10-16(15)29-3/h4-11,18H,12H2,1-3H3,(H,23,26)(H2,22,24,27,28)/t18-/m1/s1. The molecule has 0 saturated carbocycles. The van der Waals surface area contributed by atoms with Crippen LogP contribution in [0.2, 0.25) is 5.02 Å². The van der Waals surface area contributed by atoms with Crippen LogP contribution >= 0.6 is 11.6 Å². The maximum atomic E-state index is 12.7. The third-order valence-electron chi connectivity index (χ3n) is 4.10. The van der Waals surface area contributed by atoms with Gasteiger partial charge in [-0.05, 0) is 30.8 Å². The number of hydrogen-bond donors (Lipinski definition) is 3. The van der Waals surface area contributed by atoms with Gasteiger partial charge in [-0.3, -0.25) is 19.8 Å². The quantitative estimate of drug-likeness (QED) is 0.641. The van der Waals surface area contributed by atoms with Crippen LogP contribution in [0.3, 0.4) is 0 Å². The van der Waals surface area contributed by atoms with Gasteiger partial charge in [-0.15, -0.1) is 0 Å². The molecule has 1 atom stereocenters. The van der Waals surface area contributed by atoms with Crippen LogP contribution in [0, 0.1) is 0 Å². The number of nitrogens with one attached hydrogen (secondary N) is 3. The molecule has 29 heavy (non-hydrogen) atoms. The van der Waals surface area contributed by atoms with E-state index in [1.807, 2.05) is 6.07 Å². The first-order valence-electron chi connectivity index (χ1n) is 8.76. The summed E-state index contributed by atoms with van der Waals surface area (Å²) in [7, 11) is 4.52. The monoisotopic (exact) mass is 418 g/mol. The Hall–Kier alpha value is -3.10. The van der Waals surface area contributed by atoms with E-state index in [9.17, 15) is 14.4 Å². The van der Waals surface area contributed by atoms with Crippen molar-refractivity contribution < 1.29 is 19.1 Å². The Morgan fingerprint density at radius 3 is 2.45 bits per heavy atom. The highest BCUT2D eigenvalue weighted by atomic mass is 35.5. The van der Waals surface area contributed by atoms with Gasteiger partial charge in [-0.1, -0.05) is 41.9 Å². The Bertz CT molecular complexity index is 876. The molecule has 0 fully saturated rings. The van der Waals surface area contributed by atoms with Crippen LogP contribution in [0.5, 0.6) is 5.75 Å². The van der Waals surface area contributed by atoms with Crippen LogP contribution in [0.25, 0.3) is 0 Å². The summed E-state index contributed by atoms with van der Waals surface area (Å²) in [6.45, 7) is -0.115. The molecule has 0 aliphatic rings. The molecule has 0 unspecified atom stereocenters. The van der Waals surface area contributed by atoms with Crippen molar-refractivity contribution in [1.82, 2.24) is 15.5 Å². The summed E-state index contributed by atoms with van der Waals surface area (Å²) in [4.78, 5) is 38.4. The number of rotatable bonds is 7. The zero-order chi connectivity index (χ0) is 21.4. The summed E-state index contributed by atoms with van der Waals surface area (Å²) in [5, 5.41) is 7.77. The minimum absolute atomic E-state index is 0.115. The Labute approximate surface area is 174 Å². The second-order valence-corrected chi connectivity index (χ2v) is 6.63. The second-order valence-electron chi connectivity index (χ2n) is 6.19. The number of methoxy groups -OCH3 is 1. The van der Waals surface area contributed by atoms with Crippen LogP contribution in [0.4, 0.5) is 10.5 Å². The lowest BCUT2D eigenvalue weighted by Crippen LogP contribution is -2.46. The van der Waals surface area contributed by atoms with Crippen molar-refractivity contribution in [1.29, 1.82) is 0 Å². The largest absolute Gasteiger partial charge is 0.495 e. The van der Waals surface area contributed by atoms with E-state index in [0.717, 1.165) is 0 Å². The number of benzene rings is 2. The zero-order valence-electron chi connectivity index (χ0n) is 16.4. The summed E-state index contributed by atoms with van der Waals surface area (Å²) in [5.74, 6) is -0.463. The Morgan fingerprint density at radius 1 is 1.14 bits per heavy atom. The van der Waals surface area contributed by atoms with Gasteiger partial charge in [0.05, 0.1) is 19.3 Å². The van der Waals surface area contributed by atoms with E-state index in [4.69, 9.17) is 16.3 Å². The van der Waals surface area contributed by atoms with Gasteiger partial charge in [0.25, 0.3) is 0 Å². The van der Waals surface area contributed by atoms with E-state index in [-0.39, 0.29) is 12.5 Å². The maximum absolute atomic E-state index is 12.7. The normalized spacial score (nSPS) is 11.5. The van der Waals surface area contributed by atoms with Gasteiger partial charge in [0.1, 0.15) is 11.8 Å². The molecule has 0 aromatic heterocycles. The molecule has 4 amide bonds. The van der Waals surface area contributed by atoms with Crippen LogP contribution in [-0.2, 0) is 9.59 Å². The van der Waals surface area contributed by atoms with Gasteiger partial charge in [0, 0.05) is 12.1 Å². The third kappa shape index (κ3) is 6.20. The Balaban J connectivity index is 2.17. The van der Waals surface area contributed by atoms with E-state index in [1.165, 1.54) is 14.2 Å². The molecule has 2 aromatic carbocycles.